The Morgan fingerprint density at radius 1 is 1.06 bits per heavy atom. The Morgan fingerprint density at radius 3 is 2.50 bits per heavy atom. The molecule has 1 aliphatic heterocycles. The second-order valence-corrected chi connectivity index (χ2v) is 8.77. The number of amides is 1. The minimum atomic E-state index is -0.891. The summed E-state index contributed by atoms with van der Waals surface area (Å²) in [4.78, 5) is 24.6. The van der Waals surface area contributed by atoms with Crippen LogP contribution in [-0.4, -0.2) is 33.5 Å². The average Bonchev–Trinajstić information content (AvgIpc) is 3.13. The van der Waals surface area contributed by atoms with E-state index in [1.54, 1.807) is 43.3 Å². The molecule has 0 spiro atoms. The van der Waals surface area contributed by atoms with E-state index >= 15 is 0 Å². The number of phenolic OH excluding ortho intramolecular Hbond substituents is 1. The monoisotopic (exact) mass is 484 g/mol. The lowest BCUT2D eigenvalue weighted by atomic mass is 9.93. The number of carbonyl (C=O) groups is 2. The molecule has 0 bridgehead atoms. The first-order chi connectivity index (χ1) is 17.2. The van der Waals surface area contributed by atoms with Crippen molar-refractivity contribution >= 4 is 34.7 Å². The van der Waals surface area contributed by atoms with Crippen LogP contribution in [0.2, 0.25) is 0 Å². The Labute approximate surface area is 209 Å². The SMILES string of the molecule is CCC(C(=O)O)c1cccc(-c2cccc(NN=C3C(=O)N(c4ccc(C)c(C)c4)N=C3C)c2O)c1. The highest BCUT2D eigenvalue weighted by molar-refractivity contribution is 6.71. The van der Waals surface area contributed by atoms with Crippen LogP contribution < -0.4 is 10.4 Å². The summed E-state index contributed by atoms with van der Waals surface area (Å²) >= 11 is 0. The van der Waals surface area contributed by atoms with Gasteiger partial charge in [-0.1, -0.05) is 49.4 Å². The van der Waals surface area contributed by atoms with E-state index in [0.29, 0.717) is 40.2 Å². The number of aliphatic carboxylic acids is 1. The Bertz CT molecular complexity index is 1410. The highest BCUT2D eigenvalue weighted by Crippen LogP contribution is 2.37. The molecule has 1 atom stereocenters. The van der Waals surface area contributed by atoms with Crippen molar-refractivity contribution in [1.82, 2.24) is 0 Å². The molecular weight excluding hydrogens is 456 g/mol. The van der Waals surface area contributed by atoms with Crippen LogP contribution in [0.4, 0.5) is 11.4 Å². The fourth-order valence-corrected chi connectivity index (χ4v) is 4.12. The van der Waals surface area contributed by atoms with Crippen LogP contribution >= 0.6 is 0 Å². The van der Waals surface area contributed by atoms with E-state index in [1.165, 1.54) is 5.01 Å². The van der Waals surface area contributed by atoms with Crippen LogP contribution in [-0.2, 0) is 9.59 Å². The highest BCUT2D eigenvalue weighted by atomic mass is 16.4. The molecule has 1 heterocycles. The van der Waals surface area contributed by atoms with Crippen LogP contribution in [0.25, 0.3) is 11.1 Å². The van der Waals surface area contributed by atoms with E-state index in [9.17, 15) is 19.8 Å². The average molecular weight is 485 g/mol. The third-order valence-electron chi connectivity index (χ3n) is 6.35. The maximum absolute atomic E-state index is 13.0. The van der Waals surface area contributed by atoms with E-state index in [4.69, 9.17) is 0 Å². The molecule has 8 heteroatoms. The number of aromatic hydroxyl groups is 1. The Morgan fingerprint density at radius 2 is 1.81 bits per heavy atom. The van der Waals surface area contributed by atoms with Gasteiger partial charge < -0.3 is 10.2 Å². The minimum absolute atomic E-state index is 0.0616. The zero-order valence-electron chi connectivity index (χ0n) is 20.6. The van der Waals surface area contributed by atoms with Crippen molar-refractivity contribution in [3.05, 3.63) is 77.4 Å². The normalized spacial score (nSPS) is 15.2. The van der Waals surface area contributed by atoms with Gasteiger partial charge >= 0.3 is 11.9 Å². The van der Waals surface area contributed by atoms with Crippen molar-refractivity contribution in [1.29, 1.82) is 0 Å². The molecule has 1 unspecified atom stereocenters. The quantitative estimate of drug-likeness (QED) is 0.305. The van der Waals surface area contributed by atoms with Gasteiger partial charge in [0.1, 0.15) is 5.75 Å². The molecule has 0 aliphatic carbocycles. The van der Waals surface area contributed by atoms with E-state index in [0.717, 1.165) is 11.1 Å². The molecule has 1 aliphatic rings. The first-order valence-electron chi connectivity index (χ1n) is 11.7. The van der Waals surface area contributed by atoms with Crippen molar-refractivity contribution in [2.75, 3.05) is 10.4 Å². The van der Waals surface area contributed by atoms with Gasteiger partial charge in [-0.2, -0.15) is 15.2 Å². The fraction of sp³-hybridized carbons (Fsp3) is 0.214. The number of hydrazone groups is 2. The molecule has 1 amide bonds. The highest BCUT2D eigenvalue weighted by Gasteiger charge is 2.31. The van der Waals surface area contributed by atoms with Gasteiger partial charge in [0.2, 0.25) is 0 Å². The van der Waals surface area contributed by atoms with Gasteiger partial charge in [0, 0.05) is 5.56 Å². The second-order valence-electron chi connectivity index (χ2n) is 8.77. The Balaban J connectivity index is 1.60. The third kappa shape index (κ3) is 4.70. The number of nitrogens with zero attached hydrogens (tertiary/aromatic N) is 3. The number of benzene rings is 3. The predicted molar refractivity (Wildman–Crippen MR) is 142 cm³/mol. The van der Waals surface area contributed by atoms with Gasteiger partial charge in [0.25, 0.3) is 0 Å². The summed E-state index contributed by atoms with van der Waals surface area (Å²) in [5, 5.41) is 30.4. The molecule has 0 radical (unpaired) electrons. The zero-order valence-corrected chi connectivity index (χ0v) is 20.6. The van der Waals surface area contributed by atoms with Crippen molar-refractivity contribution in [3.63, 3.8) is 0 Å². The topological polar surface area (TPSA) is 115 Å². The second kappa shape index (κ2) is 10.0. The van der Waals surface area contributed by atoms with E-state index in [-0.39, 0.29) is 17.4 Å². The molecule has 0 saturated heterocycles. The molecule has 0 aromatic heterocycles. The van der Waals surface area contributed by atoms with Crippen molar-refractivity contribution in [2.45, 2.75) is 40.0 Å². The molecule has 8 nitrogen and oxygen atoms in total. The number of carbonyl (C=O) groups excluding carboxylic acids is 1. The number of hydrogen-bond donors (Lipinski definition) is 3. The molecular formula is C28H28N4O4. The predicted octanol–water partition coefficient (Wildman–Crippen LogP) is 5.44. The number of anilines is 2. The summed E-state index contributed by atoms with van der Waals surface area (Å²) in [6.07, 6.45) is 0.456. The third-order valence-corrected chi connectivity index (χ3v) is 6.35. The fourth-order valence-electron chi connectivity index (χ4n) is 4.12. The summed E-state index contributed by atoms with van der Waals surface area (Å²) in [7, 11) is 0. The summed E-state index contributed by atoms with van der Waals surface area (Å²) in [6.45, 7) is 7.50. The van der Waals surface area contributed by atoms with Gasteiger partial charge in [0.05, 0.1) is 23.0 Å². The number of nitrogens with one attached hydrogen (secondary N) is 1. The van der Waals surface area contributed by atoms with Gasteiger partial charge in [-0.25, -0.2) is 0 Å². The van der Waals surface area contributed by atoms with E-state index < -0.39 is 11.9 Å². The summed E-state index contributed by atoms with van der Waals surface area (Å²) in [5.41, 5.74) is 8.39. The van der Waals surface area contributed by atoms with Gasteiger partial charge in [-0.15, -0.1) is 0 Å². The van der Waals surface area contributed by atoms with Crippen molar-refractivity contribution in [2.24, 2.45) is 10.2 Å². The standard InChI is InChI=1S/C28H28N4O4/c1-5-22(28(35)36)19-8-6-9-20(15-19)23-10-7-11-24(26(23)33)29-30-25-18(4)31-32(27(25)34)21-13-12-16(2)17(3)14-21/h6-15,22,29,33H,5H2,1-4H3,(H,35,36). The number of carboxylic acids is 1. The first kappa shape index (κ1) is 24.7. The zero-order chi connectivity index (χ0) is 26.0. The Hall–Kier alpha value is -4.46. The van der Waals surface area contributed by atoms with Gasteiger partial charge in [0.15, 0.2) is 5.71 Å². The van der Waals surface area contributed by atoms with Crippen LogP contribution in [0.3, 0.4) is 0 Å². The molecule has 3 aromatic rings. The van der Waals surface area contributed by atoms with Crippen LogP contribution in [0.15, 0.2) is 70.9 Å². The van der Waals surface area contributed by atoms with E-state index in [1.807, 2.05) is 45.0 Å². The van der Waals surface area contributed by atoms with Gasteiger partial charge in [-0.05, 0) is 67.6 Å². The summed E-state index contributed by atoms with van der Waals surface area (Å²) < 4.78 is 0. The number of hydrogen-bond acceptors (Lipinski definition) is 6. The van der Waals surface area contributed by atoms with Crippen LogP contribution in [0, 0.1) is 13.8 Å². The molecule has 184 valence electrons. The summed E-state index contributed by atoms with van der Waals surface area (Å²) in [6, 6.07) is 17.9. The summed E-state index contributed by atoms with van der Waals surface area (Å²) in [5.74, 6) is -1.95. The smallest absolute Gasteiger partial charge is 0.310 e. The number of rotatable bonds is 7. The van der Waals surface area contributed by atoms with Crippen molar-refractivity contribution < 1.29 is 19.8 Å². The lowest BCUT2D eigenvalue weighted by Crippen LogP contribution is -2.28. The molecule has 3 aromatic carbocycles. The lowest BCUT2D eigenvalue weighted by Gasteiger charge is -2.14. The lowest BCUT2D eigenvalue weighted by molar-refractivity contribution is -0.138. The molecule has 0 saturated carbocycles. The number of para-hydroxylation sites is 1. The number of carboxylic acid groups (broad SMARTS) is 1. The maximum atomic E-state index is 13.0. The number of aryl methyl sites for hydroxylation is 2. The molecule has 3 N–H and O–H groups in total. The largest absolute Gasteiger partial charge is 0.505 e. The molecule has 36 heavy (non-hydrogen) atoms. The van der Waals surface area contributed by atoms with E-state index in [2.05, 4.69) is 15.6 Å². The van der Waals surface area contributed by atoms with Crippen molar-refractivity contribution in [3.8, 4) is 16.9 Å². The maximum Gasteiger partial charge on any atom is 0.310 e. The molecule has 4 rings (SSSR count). The number of phenols is 1. The van der Waals surface area contributed by atoms with Crippen LogP contribution in [0.5, 0.6) is 5.75 Å². The first-order valence-corrected chi connectivity index (χ1v) is 11.7. The Kier molecular flexibility index (Phi) is 6.87. The molecule has 0 fully saturated rings. The van der Waals surface area contributed by atoms with Crippen LogP contribution in [0.1, 0.15) is 42.9 Å². The minimum Gasteiger partial charge on any atom is -0.505 e. The van der Waals surface area contributed by atoms with Gasteiger partial charge in [-0.3, -0.25) is 15.0 Å².